The molecule has 0 atom stereocenters. The minimum atomic E-state index is -0.385. The highest BCUT2D eigenvalue weighted by atomic mass is 35.5. The van der Waals surface area contributed by atoms with Crippen molar-refractivity contribution in [2.24, 2.45) is 0 Å². The van der Waals surface area contributed by atoms with Gasteiger partial charge in [-0.2, -0.15) is 0 Å². The van der Waals surface area contributed by atoms with Gasteiger partial charge in [0.25, 0.3) is 0 Å². The molecule has 0 aliphatic carbocycles. The van der Waals surface area contributed by atoms with Gasteiger partial charge in [0.15, 0.2) is 0 Å². The summed E-state index contributed by atoms with van der Waals surface area (Å²) in [5.41, 5.74) is 2.00. The third-order valence-corrected chi connectivity index (χ3v) is 4.35. The SMILES string of the molecule is COc1ccc2c(CC(=O)OCc3c(Cl)cccc3Cl)coc2c1. The molecule has 0 spiro atoms. The maximum absolute atomic E-state index is 12.1. The topological polar surface area (TPSA) is 48.7 Å². The third-order valence-electron chi connectivity index (χ3n) is 3.64. The molecule has 24 heavy (non-hydrogen) atoms. The fourth-order valence-corrected chi connectivity index (χ4v) is 2.86. The highest BCUT2D eigenvalue weighted by Crippen LogP contribution is 2.27. The molecule has 1 aromatic heterocycles. The van der Waals surface area contributed by atoms with Crippen molar-refractivity contribution in [3.8, 4) is 5.75 Å². The molecular formula is C18H14Cl2O4. The second kappa shape index (κ2) is 7.16. The molecule has 0 saturated carbocycles. The van der Waals surface area contributed by atoms with Crippen molar-refractivity contribution < 1.29 is 18.7 Å². The molecule has 0 bridgehead atoms. The van der Waals surface area contributed by atoms with E-state index < -0.39 is 0 Å². The van der Waals surface area contributed by atoms with Gasteiger partial charge in [-0.25, -0.2) is 0 Å². The Morgan fingerprint density at radius 1 is 1.17 bits per heavy atom. The Morgan fingerprint density at radius 2 is 1.92 bits per heavy atom. The van der Waals surface area contributed by atoms with Crippen LogP contribution in [0.3, 0.4) is 0 Å². The van der Waals surface area contributed by atoms with Crippen LogP contribution in [0.2, 0.25) is 10.0 Å². The molecule has 0 N–H and O–H groups in total. The van der Waals surface area contributed by atoms with Gasteiger partial charge in [0, 0.05) is 32.6 Å². The number of carbonyl (C=O) groups excluding carboxylic acids is 1. The number of methoxy groups -OCH3 is 1. The van der Waals surface area contributed by atoms with Crippen molar-refractivity contribution in [2.75, 3.05) is 7.11 Å². The molecule has 3 rings (SSSR count). The van der Waals surface area contributed by atoms with Crippen LogP contribution in [0.15, 0.2) is 47.1 Å². The predicted molar refractivity (Wildman–Crippen MR) is 92.7 cm³/mol. The molecule has 0 amide bonds. The fraction of sp³-hybridized carbons (Fsp3) is 0.167. The van der Waals surface area contributed by atoms with E-state index in [2.05, 4.69) is 0 Å². The zero-order valence-corrected chi connectivity index (χ0v) is 14.4. The first-order chi connectivity index (χ1) is 11.6. The summed E-state index contributed by atoms with van der Waals surface area (Å²) in [6, 6.07) is 10.6. The van der Waals surface area contributed by atoms with Crippen molar-refractivity contribution in [1.82, 2.24) is 0 Å². The zero-order valence-electron chi connectivity index (χ0n) is 12.8. The minimum Gasteiger partial charge on any atom is -0.497 e. The monoisotopic (exact) mass is 364 g/mol. The van der Waals surface area contributed by atoms with Crippen LogP contribution in [0.1, 0.15) is 11.1 Å². The Kier molecular flexibility index (Phi) is 4.97. The van der Waals surface area contributed by atoms with E-state index in [1.165, 1.54) is 0 Å². The average molecular weight is 365 g/mol. The lowest BCUT2D eigenvalue weighted by Crippen LogP contribution is -2.08. The van der Waals surface area contributed by atoms with Crippen LogP contribution in [0.25, 0.3) is 11.0 Å². The van der Waals surface area contributed by atoms with Crippen LogP contribution >= 0.6 is 23.2 Å². The van der Waals surface area contributed by atoms with Gasteiger partial charge in [-0.05, 0) is 24.3 Å². The first kappa shape index (κ1) is 16.7. The first-order valence-electron chi connectivity index (χ1n) is 7.21. The molecule has 2 aromatic carbocycles. The summed E-state index contributed by atoms with van der Waals surface area (Å²) in [6.45, 7) is 0.0287. The number of benzene rings is 2. The van der Waals surface area contributed by atoms with E-state index in [1.54, 1.807) is 37.6 Å². The van der Waals surface area contributed by atoms with Crippen molar-refractivity contribution >= 4 is 40.1 Å². The number of hydrogen-bond acceptors (Lipinski definition) is 4. The number of hydrogen-bond donors (Lipinski definition) is 0. The van der Waals surface area contributed by atoms with Crippen LogP contribution in [0.4, 0.5) is 0 Å². The van der Waals surface area contributed by atoms with E-state index in [4.69, 9.17) is 37.1 Å². The molecule has 3 aromatic rings. The molecule has 1 heterocycles. The third kappa shape index (κ3) is 3.50. The van der Waals surface area contributed by atoms with Crippen LogP contribution in [-0.2, 0) is 22.6 Å². The lowest BCUT2D eigenvalue weighted by Gasteiger charge is -2.08. The molecule has 0 saturated heterocycles. The number of ether oxygens (including phenoxy) is 2. The van der Waals surface area contributed by atoms with Gasteiger partial charge in [-0.15, -0.1) is 0 Å². The molecule has 0 fully saturated rings. The second-order valence-corrected chi connectivity index (χ2v) is 5.98. The minimum absolute atomic E-state index is 0.0287. The van der Waals surface area contributed by atoms with Gasteiger partial charge < -0.3 is 13.9 Å². The van der Waals surface area contributed by atoms with E-state index in [0.717, 1.165) is 10.9 Å². The maximum atomic E-state index is 12.1. The quantitative estimate of drug-likeness (QED) is 0.595. The van der Waals surface area contributed by atoms with Crippen molar-refractivity contribution in [2.45, 2.75) is 13.0 Å². The van der Waals surface area contributed by atoms with Crippen molar-refractivity contribution in [3.05, 3.63) is 63.8 Å². The molecule has 0 unspecified atom stereocenters. The summed E-state index contributed by atoms with van der Waals surface area (Å²) in [5.74, 6) is 0.309. The van der Waals surface area contributed by atoms with Crippen molar-refractivity contribution in [1.29, 1.82) is 0 Å². The molecule has 0 radical (unpaired) electrons. The zero-order chi connectivity index (χ0) is 17.1. The van der Waals surface area contributed by atoms with Crippen LogP contribution < -0.4 is 4.74 Å². The molecule has 0 aliphatic rings. The molecule has 6 heteroatoms. The normalized spacial score (nSPS) is 10.8. The molecule has 4 nitrogen and oxygen atoms in total. The van der Waals surface area contributed by atoms with E-state index >= 15 is 0 Å². The number of rotatable bonds is 5. The Balaban J connectivity index is 1.69. The van der Waals surface area contributed by atoms with Gasteiger partial charge in [-0.3, -0.25) is 4.79 Å². The number of halogens is 2. The summed E-state index contributed by atoms with van der Waals surface area (Å²) in [7, 11) is 1.59. The smallest absolute Gasteiger partial charge is 0.310 e. The summed E-state index contributed by atoms with van der Waals surface area (Å²) >= 11 is 12.1. The van der Waals surface area contributed by atoms with Crippen LogP contribution in [-0.4, -0.2) is 13.1 Å². The van der Waals surface area contributed by atoms with Gasteiger partial charge >= 0.3 is 5.97 Å². The molecule has 0 aliphatic heterocycles. The largest absolute Gasteiger partial charge is 0.497 e. The van der Waals surface area contributed by atoms with Crippen molar-refractivity contribution in [3.63, 3.8) is 0 Å². The summed E-state index contributed by atoms with van der Waals surface area (Å²) in [5, 5.41) is 1.79. The van der Waals surface area contributed by atoms with Crippen LogP contribution in [0, 0.1) is 0 Å². The Bertz CT molecular complexity index is 866. The van der Waals surface area contributed by atoms with E-state index in [9.17, 15) is 4.79 Å². The van der Waals surface area contributed by atoms with E-state index in [1.807, 2.05) is 12.1 Å². The van der Waals surface area contributed by atoms with E-state index in [-0.39, 0.29) is 19.0 Å². The van der Waals surface area contributed by atoms with Gasteiger partial charge in [0.1, 0.15) is 17.9 Å². The lowest BCUT2D eigenvalue weighted by atomic mass is 10.1. The predicted octanol–water partition coefficient (Wildman–Crippen LogP) is 5.03. The highest BCUT2D eigenvalue weighted by molar-refractivity contribution is 6.35. The number of carbonyl (C=O) groups is 1. The molecular weight excluding hydrogens is 351 g/mol. The van der Waals surface area contributed by atoms with Gasteiger partial charge in [-0.1, -0.05) is 29.3 Å². The summed E-state index contributed by atoms with van der Waals surface area (Å²) in [6.07, 6.45) is 1.65. The second-order valence-electron chi connectivity index (χ2n) is 5.16. The van der Waals surface area contributed by atoms with E-state index in [0.29, 0.717) is 26.9 Å². The lowest BCUT2D eigenvalue weighted by molar-refractivity contribution is -0.144. The number of furan rings is 1. The Morgan fingerprint density at radius 3 is 2.62 bits per heavy atom. The van der Waals surface area contributed by atoms with Gasteiger partial charge in [0.2, 0.25) is 0 Å². The number of esters is 1. The van der Waals surface area contributed by atoms with Gasteiger partial charge in [0.05, 0.1) is 19.8 Å². The highest BCUT2D eigenvalue weighted by Gasteiger charge is 2.14. The Labute approximate surface area is 148 Å². The summed E-state index contributed by atoms with van der Waals surface area (Å²) < 4.78 is 15.9. The summed E-state index contributed by atoms with van der Waals surface area (Å²) in [4.78, 5) is 12.1. The standard InChI is InChI=1S/C18H14Cl2O4/c1-22-12-5-6-13-11(9-23-17(13)8-12)7-18(21)24-10-14-15(19)3-2-4-16(14)20/h2-6,8-9H,7,10H2,1H3. The number of fused-ring (bicyclic) bond motifs is 1. The fourth-order valence-electron chi connectivity index (χ4n) is 2.36. The van der Waals surface area contributed by atoms with Crippen LogP contribution in [0.5, 0.6) is 5.75 Å². The average Bonchev–Trinajstić information content (AvgIpc) is 2.96. The first-order valence-corrected chi connectivity index (χ1v) is 7.96. The maximum Gasteiger partial charge on any atom is 0.310 e. The molecule has 124 valence electrons. The Hall–Kier alpha value is -2.17.